The summed E-state index contributed by atoms with van der Waals surface area (Å²) in [5.41, 5.74) is 0. The molecular formula is C11H23N3O2. The van der Waals surface area contributed by atoms with Gasteiger partial charge in [-0.1, -0.05) is 13.3 Å². The van der Waals surface area contributed by atoms with Gasteiger partial charge in [-0.15, -0.1) is 0 Å². The Morgan fingerprint density at radius 2 is 2.00 bits per heavy atom. The number of carbonyl (C=O) groups excluding carboxylic acids is 2. The van der Waals surface area contributed by atoms with Gasteiger partial charge in [-0.05, 0) is 19.9 Å². The minimum Gasteiger partial charge on any atom is -0.357 e. The normalized spacial score (nSPS) is 12.0. The maximum Gasteiger partial charge on any atom is 0.242 e. The van der Waals surface area contributed by atoms with Crippen LogP contribution in [0, 0.1) is 0 Å². The zero-order chi connectivity index (χ0) is 12.6. The lowest BCUT2D eigenvalue weighted by atomic mass is 10.2. The molecule has 0 aromatic heterocycles. The monoisotopic (exact) mass is 229 g/mol. The number of hydrogen-bond donors (Lipinski definition) is 2. The highest BCUT2D eigenvalue weighted by Crippen LogP contribution is 1.95. The van der Waals surface area contributed by atoms with Gasteiger partial charge < -0.3 is 15.5 Å². The van der Waals surface area contributed by atoms with Crippen LogP contribution in [-0.4, -0.2) is 49.9 Å². The van der Waals surface area contributed by atoms with Crippen molar-refractivity contribution in [2.45, 2.75) is 32.7 Å². The number of nitrogens with zero attached hydrogens (tertiary/aromatic N) is 1. The lowest BCUT2D eigenvalue weighted by Gasteiger charge is -2.23. The molecule has 0 heterocycles. The van der Waals surface area contributed by atoms with Gasteiger partial charge in [0.05, 0.1) is 6.54 Å². The molecule has 0 aromatic carbocycles. The largest absolute Gasteiger partial charge is 0.357 e. The van der Waals surface area contributed by atoms with E-state index in [9.17, 15) is 9.59 Å². The molecule has 0 rings (SSSR count). The molecule has 0 bridgehead atoms. The van der Waals surface area contributed by atoms with Crippen LogP contribution >= 0.6 is 0 Å². The molecule has 1 atom stereocenters. The van der Waals surface area contributed by atoms with Gasteiger partial charge >= 0.3 is 0 Å². The molecule has 0 saturated heterocycles. The molecule has 0 saturated carbocycles. The van der Waals surface area contributed by atoms with Crippen molar-refractivity contribution in [2.75, 3.05) is 27.2 Å². The summed E-state index contributed by atoms with van der Waals surface area (Å²) >= 11 is 0. The molecule has 5 nitrogen and oxygen atoms in total. The molecule has 2 N–H and O–H groups in total. The van der Waals surface area contributed by atoms with Crippen LogP contribution in [0.15, 0.2) is 0 Å². The molecular weight excluding hydrogens is 206 g/mol. The summed E-state index contributed by atoms with van der Waals surface area (Å²) in [4.78, 5) is 24.4. The van der Waals surface area contributed by atoms with Crippen molar-refractivity contribution in [3.63, 3.8) is 0 Å². The Bertz CT molecular complexity index is 231. The van der Waals surface area contributed by atoms with Crippen molar-refractivity contribution in [1.29, 1.82) is 0 Å². The summed E-state index contributed by atoms with van der Waals surface area (Å²) in [6.45, 7) is 4.94. The van der Waals surface area contributed by atoms with Crippen molar-refractivity contribution in [3.05, 3.63) is 0 Å². The van der Waals surface area contributed by atoms with E-state index < -0.39 is 6.04 Å². The molecule has 0 aliphatic carbocycles. The highest BCUT2D eigenvalue weighted by Gasteiger charge is 2.20. The predicted molar refractivity (Wildman–Crippen MR) is 64.1 cm³/mol. The Kier molecular flexibility index (Phi) is 7.54. The lowest BCUT2D eigenvalue weighted by molar-refractivity contribution is -0.137. The second-order valence-corrected chi connectivity index (χ2v) is 3.83. The lowest BCUT2D eigenvalue weighted by Crippen LogP contribution is -2.47. The molecule has 0 fully saturated rings. The first-order valence-electron chi connectivity index (χ1n) is 5.72. The van der Waals surface area contributed by atoms with Crippen molar-refractivity contribution < 1.29 is 9.59 Å². The number of rotatable bonds is 7. The van der Waals surface area contributed by atoms with Gasteiger partial charge in [0.25, 0.3) is 0 Å². The maximum atomic E-state index is 11.7. The molecule has 16 heavy (non-hydrogen) atoms. The summed E-state index contributed by atoms with van der Waals surface area (Å²) in [5, 5.41) is 5.58. The van der Waals surface area contributed by atoms with Crippen molar-refractivity contribution in [1.82, 2.24) is 15.5 Å². The Morgan fingerprint density at radius 3 is 2.50 bits per heavy atom. The van der Waals surface area contributed by atoms with E-state index in [1.165, 1.54) is 4.90 Å². The quantitative estimate of drug-likeness (QED) is 0.603. The van der Waals surface area contributed by atoms with Crippen LogP contribution in [0.1, 0.15) is 26.7 Å². The number of hydrogen-bond acceptors (Lipinski definition) is 3. The summed E-state index contributed by atoms with van der Waals surface area (Å²) in [6, 6.07) is -0.425. The van der Waals surface area contributed by atoms with Gasteiger partial charge in [-0.25, -0.2) is 0 Å². The highest BCUT2D eigenvalue weighted by atomic mass is 16.2. The topological polar surface area (TPSA) is 61.4 Å². The van der Waals surface area contributed by atoms with E-state index >= 15 is 0 Å². The molecule has 2 amide bonds. The van der Waals surface area contributed by atoms with Crippen LogP contribution in [0.2, 0.25) is 0 Å². The summed E-state index contributed by atoms with van der Waals surface area (Å²) in [6.07, 6.45) is 2.16. The smallest absolute Gasteiger partial charge is 0.242 e. The van der Waals surface area contributed by atoms with Crippen LogP contribution in [0.25, 0.3) is 0 Å². The van der Waals surface area contributed by atoms with E-state index in [-0.39, 0.29) is 18.4 Å². The first kappa shape index (κ1) is 14.9. The third-order valence-electron chi connectivity index (χ3n) is 2.58. The highest BCUT2D eigenvalue weighted by molar-refractivity contribution is 5.87. The van der Waals surface area contributed by atoms with Crippen LogP contribution < -0.4 is 10.6 Å². The second-order valence-electron chi connectivity index (χ2n) is 3.83. The molecule has 0 aromatic rings. The fourth-order valence-electron chi connectivity index (χ4n) is 1.22. The average Bonchev–Trinajstić information content (AvgIpc) is 2.31. The van der Waals surface area contributed by atoms with Crippen molar-refractivity contribution in [3.8, 4) is 0 Å². The fourth-order valence-corrected chi connectivity index (χ4v) is 1.22. The van der Waals surface area contributed by atoms with Crippen molar-refractivity contribution in [2.24, 2.45) is 0 Å². The predicted octanol–water partition coefficient (Wildman–Crippen LogP) is -0.0310. The number of nitrogens with one attached hydrogen (secondary N) is 2. The zero-order valence-electron chi connectivity index (χ0n) is 10.7. The van der Waals surface area contributed by atoms with Crippen molar-refractivity contribution >= 4 is 11.8 Å². The SMILES string of the molecule is CCCCNCC(=O)N(C)[C@@H](C)C(=O)NC. The molecule has 0 spiro atoms. The van der Waals surface area contributed by atoms with E-state index in [0.717, 1.165) is 19.4 Å². The average molecular weight is 229 g/mol. The number of amides is 2. The first-order chi connectivity index (χ1) is 7.54. The van der Waals surface area contributed by atoms with E-state index in [2.05, 4.69) is 17.6 Å². The standard InChI is InChI=1S/C11H23N3O2/c1-5-6-7-13-8-10(15)14(4)9(2)11(16)12-3/h9,13H,5-8H2,1-4H3,(H,12,16)/t9-/m0/s1. The Balaban J connectivity index is 3.93. The Morgan fingerprint density at radius 1 is 1.38 bits per heavy atom. The minimum atomic E-state index is -0.425. The zero-order valence-corrected chi connectivity index (χ0v) is 10.7. The summed E-state index contributed by atoms with van der Waals surface area (Å²) in [7, 11) is 3.21. The van der Waals surface area contributed by atoms with E-state index in [4.69, 9.17) is 0 Å². The maximum absolute atomic E-state index is 11.7. The Hall–Kier alpha value is -1.10. The van der Waals surface area contributed by atoms with E-state index in [1.807, 2.05) is 0 Å². The van der Waals surface area contributed by atoms with Gasteiger partial charge in [0.2, 0.25) is 11.8 Å². The number of likely N-dealkylation sites (N-methyl/N-ethyl adjacent to an activating group) is 2. The number of unbranched alkanes of at least 4 members (excludes halogenated alkanes) is 1. The Labute approximate surface area is 97.6 Å². The van der Waals surface area contributed by atoms with E-state index in [0.29, 0.717) is 0 Å². The summed E-state index contributed by atoms with van der Waals surface area (Å²) < 4.78 is 0. The van der Waals surface area contributed by atoms with Crippen LogP contribution in [0.4, 0.5) is 0 Å². The van der Waals surface area contributed by atoms with Crippen LogP contribution in [-0.2, 0) is 9.59 Å². The van der Waals surface area contributed by atoms with Gasteiger partial charge in [-0.3, -0.25) is 9.59 Å². The third-order valence-corrected chi connectivity index (χ3v) is 2.58. The van der Waals surface area contributed by atoms with Gasteiger partial charge in [0.1, 0.15) is 6.04 Å². The molecule has 0 aliphatic heterocycles. The van der Waals surface area contributed by atoms with Gasteiger partial charge in [0.15, 0.2) is 0 Å². The molecule has 0 unspecified atom stereocenters. The first-order valence-corrected chi connectivity index (χ1v) is 5.72. The van der Waals surface area contributed by atoms with E-state index in [1.54, 1.807) is 21.0 Å². The molecule has 94 valence electrons. The minimum absolute atomic E-state index is 0.0628. The van der Waals surface area contributed by atoms with Crippen LogP contribution in [0.5, 0.6) is 0 Å². The molecule has 5 heteroatoms. The third kappa shape index (κ3) is 5.11. The van der Waals surface area contributed by atoms with Gasteiger partial charge in [-0.2, -0.15) is 0 Å². The molecule has 0 radical (unpaired) electrons. The molecule has 0 aliphatic rings. The summed E-state index contributed by atoms with van der Waals surface area (Å²) in [5.74, 6) is -0.211. The fraction of sp³-hybridized carbons (Fsp3) is 0.818. The van der Waals surface area contributed by atoms with Gasteiger partial charge in [0, 0.05) is 14.1 Å². The number of carbonyl (C=O) groups is 2. The second kappa shape index (κ2) is 8.10. The van der Waals surface area contributed by atoms with Crippen LogP contribution in [0.3, 0.4) is 0 Å².